The molecule has 9 heteroatoms. The van der Waals surface area contributed by atoms with E-state index in [0.29, 0.717) is 5.92 Å². The number of aliphatic hydroxyl groups is 3. The maximum atomic E-state index is 12.9. The van der Waals surface area contributed by atoms with Gasteiger partial charge in [0.15, 0.2) is 0 Å². The van der Waals surface area contributed by atoms with E-state index in [1.165, 1.54) is 11.8 Å². The van der Waals surface area contributed by atoms with E-state index in [1.807, 2.05) is 11.9 Å². The Kier molecular flexibility index (Phi) is 8.67. The van der Waals surface area contributed by atoms with E-state index in [1.54, 1.807) is 13.2 Å². The quantitative estimate of drug-likeness (QED) is 0.438. The van der Waals surface area contributed by atoms with Crippen molar-refractivity contribution in [1.82, 2.24) is 10.2 Å². The predicted octanol–water partition coefficient (Wildman–Crippen LogP) is 0.390. The second-order valence-electron chi connectivity index (χ2n) is 7.73. The average molecular weight is 425 g/mol. The van der Waals surface area contributed by atoms with Crippen LogP contribution in [-0.4, -0.2) is 93.3 Å². The smallest absolute Gasteiger partial charge is 0.237 e. The third-order valence-electron chi connectivity index (χ3n) is 5.63. The molecule has 0 aromatic rings. The molecule has 0 aromatic heterocycles. The molecule has 0 aliphatic carbocycles. The number of halogens is 1. The van der Waals surface area contributed by atoms with Crippen molar-refractivity contribution in [3.63, 3.8) is 0 Å². The van der Waals surface area contributed by atoms with Crippen LogP contribution in [0.3, 0.4) is 0 Å². The first-order valence-electron chi connectivity index (χ1n) is 9.58. The van der Waals surface area contributed by atoms with Gasteiger partial charge >= 0.3 is 0 Å². The first kappa shape index (κ1) is 23.2. The van der Waals surface area contributed by atoms with Crippen molar-refractivity contribution in [2.24, 2.45) is 5.92 Å². The van der Waals surface area contributed by atoms with Crippen molar-refractivity contribution in [2.45, 2.75) is 80.4 Å². The van der Waals surface area contributed by atoms with Gasteiger partial charge in [0, 0.05) is 6.54 Å². The van der Waals surface area contributed by atoms with E-state index in [4.69, 9.17) is 16.3 Å². The number of carbonyl (C=O) groups is 1. The summed E-state index contributed by atoms with van der Waals surface area (Å²) in [6.07, 6.45) is -0.0980. The van der Waals surface area contributed by atoms with E-state index in [9.17, 15) is 20.1 Å². The molecular weight excluding hydrogens is 392 g/mol. The molecule has 0 spiro atoms. The summed E-state index contributed by atoms with van der Waals surface area (Å²) in [5.41, 5.74) is -0.702. The predicted molar refractivity (Wildman–Crippen MR) is 107 cm³/mol. The Hall–Kier alpha value is -0.0900. The van der Waals surface area contributed by atoms with Gasteiger partial charge in [0.1, 0.15) is 29.9 Å². The minimum Gasteiger partial charge on any atom is -0.388 e. The third-order valence-corrected chi connectivity index (χ3v) is 6.76. The Bertz CT molecular complexity index is 498. The van der Waals surface area contributed by atoms with Gasteiger partial charge in [0.05, 0.1) is 17.5 Å². The second-order valence-corrected chi connectivity index (χ2v) is 9.36. The summed E-state index contributed by atoms with van der Waals surface area (Å²) in [4.78, 5) is 14.9. The number of ether oxygens (including phenoxy) is 1. The minimum atomic E-state index is -1.36. The number of likely N-dealkylation sites (N-methyl/N-ethyl adjacent to an activating group) is 1. The molecule has 2 fully saturated rings. The topological polar surface area (TPSA) is 102 Å². The van der Waals surface area contributed by atoms with Crippen LogP contribution in [0.15, 0.2) is 0 Å². The van der Waals surface area contributed by atoms with Crippen LogP contribution in [0.5, 0.6) is 0 Å². The molecule has 9 atom stereocenters. The fourth-order valence-corrected chi connectivity index (χ4v) is 5.00. The summed E-state index contributed by atoms with van der Waals surface area (Å²) in [7, 11) is 1.94. The molecule has 0 bridgehead atoms. The monoisotopic (exact) mass is 424 g/mol. The lowest BCUT2D eigenvalue weighted by Gasteiger charge is -2.44. The number of nitrogens with zero attached hydrogens (tertiary/aromatic N) is 1. The molecule has 2 aliphatic heterocycles. The lowest BCUT2D eigenvalue weighted by atomic mass is 9.92. The Morgan fingerprint density at radius 2 is 2.00 bits per heavy atom. The first-order chi connectivity index (χ1) is 12.7. The van der Waals surface area contributed by atoms with E-state index >= 15 is 0 Å². The number of likely N-dealkylation sites (tertiary alicyclic amines) is 1. The van der Waals surface area contributed by atoms with Crippen molar-refractivity contribution in [1.29, 1.82) is 0 Å². The highest BCUT2D eigenvalue weighted by Crippen LogP contribution is 2.31. The molecule has 4 N–H and O–H groups in total. The first-order valence-corrected chi connectivity index (χ1v) is 11.3. The number of thioether (sulfide) groups is 1. The zero-order valence-corrected chi connectivity index (χ0v) is 18.0. The third kappa shape index (κ3) is 5.29. The summed E-state index contributed by atoms with van der Waals surface area (Å²) in [5, 5.41) is 33.0. The number of rotatable bonds is 7. The number of hydrogen-bond acceptors (Lipinski definition) is 7. The maximum absolute atomic E-state index is 12.9. The molecule has 158 valence electrons. The Labute approximate surface area is 170 Å². The summed E-state index contributed by atoms with van der Waals surface area (Å²) in [5.74, 6) is 0.350. The van der Waals surface area contributed by atoms with Gasteiger partial charge < -0.3 is 25.4 Å². The molecule has 4 unspecified atom stereocenters. The van der Waals surface area contributed by atoms with Crippen LogP contribution in [0.25, 0.3) is 0 Å². The fraction of sp³-hybridized carbons (Fsp3) is 0.944. The Morgan fingerprint density at radius 3 is 2.56 bits per heavy atom. The molecule has 2 heterocycles. The maximum Gasteiger partial charge on any atom is 0.237 e. The molecule has 7 nitrogen and oxygen atoms in total. The van der Waals surface area contributed by atoms with Gasteiger partial charge in [-0.05, 0) is 39.0 Å². The summed E-state index contributed by atoms with van der Waals surface area (Å²) >= 11 is 7.55. The highest BCUT2D eigenvalue weighted by molar-refractivity contribution is 7.99. The summed E-state index contributed by atoms with van der Waals surface area (Å²) in [6.45, 7) is 4.74. The van der Waals surface area contributed by atoms with Crippen molar-refractivity contribution < 1.29 is 24.9 Å². The molecule has 0 aromatic carbocycles. The largest absolute Gasteiger partial charge is 0.388 e. The van der Waals surface area contributed by atoms with Crippen molar-refractivity contribution in [3.05, 3.63) is 0 Å². The number of hydrogen-bond donors (Lipinski definition) is 4. The van der Waals surface area contributed by atoms with Crippen molar-refractivity contribution >= 4 is 29.3 Å². The standard InChI is InChI=1S/C18H33ClN2O5S/c1-5-6-10-7-11(21(3)8-10)17(25)20-12(9(2)19)16-14(23)13(22)15(24)18(26-16)27-4/h9-16,18,22-24H,5-8H2,1-4H3,(H,20,25)/t9?,10-,11?,12?,13+,14-,15-,16-,18?/m1/s1. The molecule has 2 saturated heterocycles. The van der Waals surface area contributed by atoms with Gasteiger partial charge in [-0.2, -0.15) is 0 Å². The zero-order chi connectivity index (χ0) is 20.3. The molecular formula is C18H33ClN2O5S. The molecule has 1 amide bonds. The average Bonchev–Trinajstić information content (AvgIpc) is 2.99. The number of amides is 1. The molecule has 27 heavy (non-hydrogen) atoms. The van der Waals surface area contributed by atoms with Crippen LogP contribution in [-0.2, 0) is 9.53 Å². The lowest BCUT2D eigenvalue weighted by Crippen LogP contribution is -2.65. The molecule has 2 rings (SSSR count). The number of nitrogens with one attached hydrogen (secondary N) is 1. The highest BCUT2D eigenvalue weighted by Gasteiger charge is 2.48. The molecule has 0 saturated carbocycles. The van der Waals surface area contributed by atoms with Gasteiger partial charge in [0.2, 0.25) is 5.91 Å². The van der Waals surface area contributed by atoms with Gasteiger partial charge in [-0.25, -0.2) is 0 Å². The van der Waals surface area contributed by atoms with E-state index < -0.39 is 41.3 Å². The van der Waals surface area contributed by atoms with Gasteiger partial charge in [-0.15, -0.1) is 23.4 Å². The Balaban J connectivity index is 2.09. The van der Waals surface area contributed by atoms with Crippen LogP contribution >= 0.6 is 23.4 Å². The van der Waals surface area contributed by atoms with Crippen LogP contribution in [0, 0.1) is 5.92 Å². The number of carbonyl (C=O) groups excluding carboxylic acids is 1. The van der Waals surface area contributed by atoms with Gasteiger partial charge in [0.25, 0.3) is 0 Å². The van der Waals surface area contributed by atoms with E-state index in [2.05, 4.69) is 12.2 Å². The Morgan fingerprint density at radius 1 is 1.33 bits per heavy atom. The van der Waals surface area contributed by atoms with Crippen LogP contribution < -0.4 is 5.32 Å². The summed E-state index contributed by atoms with van der Waals surface area (Å²) in [6, 6.07) is -0.934. The molecule has 0 radical (unpaired) electrons. The van der Waals surface area contributed by atoms with Crippen molar-refractivity contribution in [2.75, 3.05) is 19.8 Å². The normalized spacial score (nSPS) is 39.9. The zero-order valence-electron chi connectivity index (χ0n) is 16.4. The SMILES string of the molecule is CCC[C@@H]1CC(C(=O)NC(C(C)Cl)[C@H]2OC(SC)[C@H](O)[C@@H](O)[C@H]2O)N(C)C1. The van der Waals surface area contributed by atoms with Gasteiger partial charge in [-0.3, -0.25) is 9.69 Å². The highest BCUT2D eigenvalue weighted by atomic mass is 35.5. The van der Waals surface area contributed by atoms with Crippen LogP contribution in [0.4, 0.5) is 0 Å². The number of aliphatic hydroxyl groups excluding tert-OH is 3. The molecule has 2 aliphatic rings. The van der Waals surface area contributed by atoms with E-state index in [0.717, 1.165) is 25.8 Å². The van der Waals surface area contributed by atoms with Crippen molar-refractivity contribution in [3.8, 4) is 0 Å². The minimum absolute atomic E-state index is 0.147. The van der Waals surface area contributed by atoms with Crippen LogP contribution in [0.1, 0.15) is 33.1 Å². The van der Waals surface area contributed by atoms with E-state index in [-0.39, 0.29) is 11.9 Å². The lowest BCUT2D eigenvalue weighted by molar-refractivity contribution is -0.205. The number of alkyl halides is 1. The van der Waals surface area contributed by atoms with Crippen LogP contribution in [0.2, 0.25) is 0 Å². The summed E-state index contributed by atoms with van der Waals surface area (Å²) < 4.78 is 5.79. The van der Waals surface area contributed by atoms with Gasteiger partial charge in [-0.1, -0.05) is 13.3 Å². The second kappa shape index (κ2) is 10.1. The fourth-order valence-electron chi connectivity index (χ4n) is 4.11.